The highest BCUT2D eigenvalue weighted by molar-refractivity contribution is 5.65. The maximum absolute atomic E-state index is 4.38. The van der Waals surface area contributed by atoms with Crippen molar-refractivity contribution in [1.29, 1.82) is 0 Å². The molecule has 18 heavy (non-hydrogen) atoms. The lowest BCUT2D eigenvalue weighted by molar-refractivity contribution is 1.25. The van der Waals surface area contributed by atoms with Gasteiger partial charge in [-0.25, -0.2) is 4.98 Å². The Labute approximate surface area is 105 Å². The first-order chi connectivity index (χ1) is 8.84. The zero-order valence-corrected chi connectivity index (χ0v) is 9.96. The van der Waals surface area contributed by atoms with Crippen LogP contribution in [0.5, 0.6) is 0 Å². The van der Waals surface area contributed by atoms with Crippen LogP contribution < -0.4 is 0 Å². The first kappa shape index (κ1) is 10.7. The summed E-state index contributed by atoms with van der Waals surface area (Å²) in [7, 11) is 0. The van der Waals surface area contributed by atoms with Gasteiger partial charge in [0.15, 0.2) is 0 Å². The van der Waals surface area contributed by atoms with E-state index in [4.69, 9.17) is 0 Å². The summed E-state index contributed by atoms with van der Waals surface area (Å²) in [6.45, 7) is 2.06. The number of rotatable bonds is 2. The number of hydrogen-bond donors (Lipinski definition) is 1. The van der Waals surface area contributed by atoms with Gasteiger partial charge in [-0.1, -0.05) is 0 Å². The Morgan fingerprint density at radius 3 is 2.67 bits per heavy atom. The quantitative estimate of drug-likeness (QED) is 0.744. The fourth-order valence-corrected chi connectivity index (χ4v) is 1.85. The number of hydrogen-bond acceptors (Lipinski definition) is 3. The first-order valence-electron chi connectivity index (χ1n) is 5.71. The highest BCUT2D eigenvalue weighted by Gasteiger charge is 2.07. The monoisotopic (exact) mass is 236 g/mol. The van der Waals surface area contributed by atoms with Crippen molar-refractivity contribution in [2.75, 3.05) is 0 Å². The number of aromatic nitrogens is 4. The van der Waals surface area contributed by atoms with Crippen LogP contribution in [0.1, 0.15) is 5.56 Å². The Kier molecular flexibility index (Phi) is 2.61. The molecule has 4 heteroatoms. The van der Waals surface area contributed by atoms with Crippen LogP contribution in [0.3, 0.4) is 0 Å². The van der Waals surface area contributed by atoms with Gasteiger partial charge < -0.3 is 4.98 Å². The summed E-state index contributed by atoms with van der Waals surface area (Å²) in [5, 5.41) is 0. The van der Waals surface area contributed by atoms with Gasteiger partial charge in [-0.05, 0) is 30.7 Å². The molecule has 0 spiro atoms. The van der Waals surface area contributed by atoms with Crippen molar-refractivity contribution in [2.45, 2.75) is 6.92 Å². The molecular formula is C14H12N4. The van der Waals surface area contributed by atoms with E-state index in [0.29, 0.717) is 0 Å². The molecule has 1 N–H and O–H groups in total. The van der Waals surface area contributed by atoms with Gasteiger partial charge >= 0.3 is 0 Å². The van der Waals surface area contributed by atoms with Crippen LogP contribution in [0, 0.1) is 6.92 Å². The molecule has 3 heterocycles. The minimum Gasteiger partial charge on any atom is -0.338 e. The molecule has 0 saturated heterocycles. The SMILES string of the molecule is Cc1ccncc1-c1cnc(-c2cccnc2)[nH]1. The molecule has 88 valence electrons. The van der Waals surface area contributed by atoms with Crippen LogP contribution in [-0.4, -0.2) is 19.9 Å². The molecule has 0 atom stereocenters. The maximum Gasteiger partial charge on any atom is 0.139 e. The Morgan fingerprint density at radius 1 is 1.00 bits per heavy atom. The minimum atomic E-state index is 0.821. The third-order valence-corrected chi connectivity index (χ3v) is 2.84. The normalized spacial score (nSPS) is 10.5. The van der Waals surface area contributed by atoms with Gasteiger partial charge in [-0.15, -0.1) is 0 Å². The van der Waals surface area contributed by atoms with Gasteiger partial charge in [0.2, 0.25) is 0 Å². The molecule has 0 aliphatic carbocycles. The number of nitrogens with one attached hydrogen (secondary N) is 1. The summed E-state index contributed by atoms with van der Waals surface area (Å²) in [6.07, 6.45) is 9.00. The van der Waals surface area contributed by atoms with Crippen molar-refractivity contribution in [1.82, 2.24) is 19.9 Å². The van der Waals surface area contributed by atoms with Gasteiger partial charge in [-0.2, -0.15) is 0 Å². The fourth-order valence-electron chi connectivity index (χ4n) is 1.85. The maximum atomic E-state index is 4.38. The second kappa shape index (κ2) is 4.41. The molecule has 3 rings (SSSR count). The molecule has 0 unspecified atom stereocenters. The average molecular weight is 236 g/mol. The van der Waals surface area contributed by atoms with Crippen LogP contribution in [-0.2, 0) is 0 Å². The molecule has 0 aliphatic heterocycles. The zero-order valence-electron chi connectivity index (χ0n) is 9.96. The van der Waals surface area contributed by atoms with Crippen LogP contribution in [0.2, 0.25) is 0 Å². The molecule has 0 radical (unpaired) electrons. The second-order valence-electron chi connectivity index (χ2n) is 4.08. The molecule has 0 fully saturated rings. The summed E-state index contributed by atoms with van der Waals surface area (Å²) in [5.41, 5.74) is 4.19. The smallest absolute Gasteiger partial charge is 0.139 e. The zero-order chi connectivity index (χ0) is 12.4. The summed E-state index contributed by atoms with van der Waals surface area (Å²) < 4.78 is 0. The van der Waals surface area contributed by atoms with E-state index in [2.05, 4.69) is 26.9 Å². The third kappa shape index (κ3) is 1.88. The number of imidazole rings is 1. The summed E-state index contributed by atoms with van der Waals surface area (Å²) >= 11 is 0. The van der Waals surface area contributed by atoms with Gasteiger partial charge in [0.25, 0.3) is 0 Å². The van der Waals surface area contributed by atoms with E-state index in [1.54, 1.807) is 18.6 Å². The lowest BCUT2D eigenvalue weighted by atomic mass is 10.1. The van der Waals surface area contributed by atoms with Gasteiger partial charge in [0.1, 0.15) is 5.82 Å². The van der Waals surface area contributed by atoms with Crippen molar-refractivity contribution in [3.63, 3.8) is 0 Å². The van der Waals surface area contributed by atoms with Crippen LogP contribution in [0.15, 0.2) is 49.2 Å². The van der Waals surface area contributed by atoms with E-state index in [-0.39, 0.29) is 0 Å². The third-order valence-electron chi connectivity index (χ3n) is 2.84. The lowest BCUT2D eigenvalue weighted by Gasteiger charge is -2.01. The Balaban J connectivity index is 2.03. The van der Waals surface area contributed by atoms with E-state index in [1.165, 1.54) is 5.56 Å². The minimum absolute atomic E-state index is 0.821. The van der Waals surface area contributed by atoms with Crippen molar-refractivity contribution in [3.05, 3.63) is 54.7 Å². The average Bonchev–Trinajstić information content (AvgIpc) is 2.90. The number of aromatic amines is 1. The van der Waals surface area contributed by atoms with Crippen molar-refractivity contribution in [3.8, 4) is 22.6 Å². The van der Waals surface area contributed by atoms with Crippen molar-refractivity contribution >= 4 is 0 Å². The van der Waals surface area contributed by atoms with Crippen LogP contribution in [0.25, 0.3) is 22.6 Å². The van der Waals surface area contributed by atoms with Gasteiger partial charge in [0, 0.05) is 35.9 Å². The molecule has 0 aliphatic rings. The first-order valence-corrected chi connectivity index (χ1v) is 5.71. The number of H-pyrrole nitrogens is 1. The summed E-state index contributed by atoms with van der Waals surface area (Å²) in [6, 6.07) is 5.86. The van der Waals surface area contributed by atoms with E-state index >= 15 is 0 Å². The topological polar surface area (TPSA) is 54.5 Å². The van der Waals surface area contributed by atoms with Crippen molar-refractivity contribution in [2.24, 2.45) is 0 Å². The Bertz CT molecular complexity index is 658. The Hall–Kier alpha value is -2.49. The number of pyridine rings is 2. The Morgan fingerprint density at radius 2 is 1.89 bits per heavy atom. The molecule has 0 aromatic carbocycles. The van der Waals surface area contributed by atoms with Crippen molar-refractivity contribution < 1.29 is 0 Å². The molecule has 0 bridgehead atoms. The highest BCUT2D eigenvalue weighted by Crippen LogP contribution is 2.23. The summed E-state index contributed by atoms with van der Waals surface area (Å²) in [5.74, 6) is 0.821. The fraction of sp³-hybridized carbons (Fsp3) is 0.0714. The highest BCUT2D eigenvalue weighted by atomic mass is 14.9. The predicted octanol–water partition coefficient (Wildman–Crippen LogP) is 2.84. The molecule has 3 aromatic rings. The molecule has 0 amide bonds. The molecule has 3 aromatic heterocycles. The lowest BCUT2D eigenvalue weighted by Crippen LogP contribution is -1.85. The molecule has 4 nitrogen and oxygen atoms in total. The van der Waals surface area contributed by atoms with Crippen LogP contribution >= 0.6 is 0 Å². The predicted molar refractivity (Wildman–Crippen MR) is 69.8 cm³/mol. The van der Waals surface area contributed by atoms with Crippen LogP contribution in [0.4, 0.5) is 0 Å². The number of nitrogens with zero attached hydrogens (tertiary/aromatic N) is 3. The van der Waals surface area contributed by atoms with Gasteiger partial charge in [0.05, 0.1) is 11.9 Å². The van der Waals surface area contributed by atoms with E-state index in [1.807, 2.05) is 30.6 Å². The molecular weight excluding hydrogens is 224 g/mol. The number of aryl methyl sites for hydroxylation is 1. The van der Waals surface area contributed by atoms with E-state index in [0.717, 1.165) is 22.6 Å². The standard InChI is InChI=1S/C14H12N4/c1-10-4-6-16-8-12(10)13-9-17-14(18-13)11-3-2-5-15-7-11/h2-9H,1H3,(H,17,18). The van der Waals surface area contributed by atoms with Gasteiger partial charge in [-0.3, -0.25) is 9.97 Å². The van der Waals surface area contributed by atoms with E-state index in [9.17, 15) is 0 Å². The van der Waals surface area contributed by atoms with E-state index < -0.39 is 0 Å². The largest absolute Gasteiger partial charge is 0.338 e. The molecule has 0 saturated carbocycles. The summed E-state index contributed by atoms with van der Waals surface area (Å²) in [4.78, 5) is 15.9. The second-order valence-corrected chi connectivity index (χ2v) is 4.08.